The molecule has 144 valence electrons. The summed E-state index contributed by atoms with van der Waals surface area (Å²) in [6.45, 7) is 5.39. The molecule has 2 fully saturated rings. The highest BCUT2D eigenvalue weighted by Crippen LogP contribution is 2.44. The van der Waals surface area contributed by atoms with Crippen molar-refractivity contribution >= 4 is 17.2 Å². The molecular weight excluding hydrogens is 349 g/mol. The lowest BCUT2D eigenvalue weighted by Crippen LogP contribution is -2.33. The Bertz CT molecular complexity index is 996. The number of hydrogen-bond acceptors (Lipinski definition) is 4. The average Bonchev–Trinajstić information content (AvgIpc) is 3.38. The SMILES string of the molecule is CN[C@@H]1CN(c2c(F)cn3c(=O)c(C(=O)O)cc(C4CC4)c3c2C)C[C@@H]1C. The van der Waals surface area contributed by atoms with Crippen LogP contribution < -0.4 is 15.8 Å². The number of anilines is 1. The first-order valence-electron chi connectivity index (χ1n) is 9.37. The van der Waals surface area contributed by atoms with Gasteiger partial charge in [-0.15, -0.1) is 0 Å². The largest absolute Gasteiger partial charge is 0.477 e. The van der Waals surface area contributed by atoms with Crippen LogP contribution in [0.4, 0.5) is 10.1 Å². The van der Waals surface area contributed by atoms with E-state index in [4.69, 9.17) is 0 Å². The number of aromatic nitrogens is 1. The van der Waals surface area contributed by atoms with Crippen molar-refractivity contribution in [1.29, 1.82) is 0 Å². The molecule has 1 aliphatic carbocycles. The van der Waals surface area contributed by atoms with Crippen molar-refractivity contribution in [2.45, 2.75) is 38.6 Å². The van der Waals surface area contributed by atoms with E-state index < -0.39 is 17.3 Å². The summed E-state index contributed by atoms with van der Waals surface area (Å²) in [5.41, 5.74) is 1.73. The molecule has 1 aliphatic heterocycles. The molecule has 0 amide bonds. The zero-order chi connectivity index (χ0) is 19.5. The second kappa shape index (κ2) is 6.34. The highest BCUT2D eigenvalue weighted by atomic mass is 19.1. The van der Waals surface area contributed by atoms with Crippen LogP contribution in [-0.2, 0) is 0 Å². The number of nitrogens with one attached hydrogen (secondary N) is 1. The molecular formula is C20H24FN3O3. The summed E-state index contributed by atoms with van der Waals surface area (Å²) in [6, 6.07) is 1.77. The number of nitrogens with zero attached hydrogens (tertiary/aromatic N) is 2. The Kier molecular flexibility index (Phi) is 4.22. The van der Waals surface area contributed by atoms with Gasteiger partial charge in [0, 0.05) is 19.1 Å². The number of fused-ring (bicyclic) bond motifs is 1. The predicted octanol–water partition coefficient (Wildman–Crippen LogP) is 2.37. The molecule has 2 N–H and O–H groups in total. The monoisotopic (exact) mass is 373 g/mol. The number of pyridine rings is 2. The van der Waals surface area contributed by atoms with E-state index in [0.717, 1.165) is 31.1 Å². The van der Waals surface area contributed by atoms with E-state index in [0.29, 0.717) is 29.2 Å². The first-order valence-corrected chi connectivity index (χ1v) is 9.37. The Morgan fingerprint density at radius 3 is 2.59 bits per heavy atom. The smallest absolute Gasteiger partial charge is 0.341 e. The van der Waals surface area contributed by atoms with Crippen molar-refractivity contribution < 1.29 is 14.3 Å². The molecule has 2 aromatic rings. The molecule has 7 heteroatoms. The number of halogens is 1. The molecule has 27 heavy (non-hydrogen) atoms. The van der Waals surface area contributed by atoms with Crippen LogP contribution in [0.5, 0.6) is 0 Å². The first kappa shape index (κ1) is 18.0. The molecule has 2 atom stereocenters. The standard InChI is InChI=1S/C20H24FN3O3/c1-10-7-23(9-16(10)22-3)18-11(2)17-13(12-4-5-12)6-14(20(26)27)19(25)24(17)8-15(18)21/h6,8,10,12,16,22H,4-5,7,9H2,1-3H3,(H,26,27)/t10-,16+/m0/s1. The van der Waals surface area contributed by atoms with Gasteiger partial charge in [-0.05, 0) is 55.8 Å². The normalized spacial score (nSPS) is 22.6. The zero-order valence-electron chi connectivity index (χ0n) is 15.8. The third-order valence-electron chi connectivity index (χ3n) is 5.99. The number of aryl methyl sites for hydroxylation is 1. The van der Waals surface area contributed by atoms with E-state index in [2.05, 4.69) is 12.2 Å². The molecule has 2 aromatic heterocycles. The van der Waals surface area contributed by atoms with Gasteiger partial charge in [0.25, 0.3) is 5.56 Å². The molecule has 1 saturated heterocycles. The molecule has 0 radical (unpaired) electrons. The maximum Gasteiger partial charge on any atom is 0.341 e. The minimum atomic E-state index is -1.27. The van der Waals surface area contributed by atoms with Crippen LogP contribution in [0.3, 0.4) is 0 Å². The number of carboxylic acids is 1. The van der Waals surface area contributed by atoms with Crippen LogP contribution in [0.15, 0.2) is 17.1 Å². The molecule has 0 aromatic carbocycles. The lowest BCUT2D eigenvalue weighted by Gasteiger charge is -2.24. The lowest BCUT2D eigenvalue weighted by atomic mass is 10.0. The summed E-state index contributed by atoms with van der Waals surface area (Å²) in [6.07, 6.45) is 3.08. The van der Waals surface area contributed by atoms with E-state index in [-0.39, 0.29) is 17.5 Å². The van der Waals surface area contributed by atoms with Crippen molar-refractivity contribution in [1.82, 2.24) is 9.72 Å². The van der Waals surface area contributed by atoms with Crippen LogP contribution >= 0.6 is 0 Å². The van der Waals surface area contributed by atoms with Gasteiger partial charge in [-0.2, -0.15) is 0 Å². The minimum absolute atomic E-state index is 0.235. The third-order valence-corrected chi connectivity index (χ3v) is 5.99. The maximum atomic E-state index is 15.1. The molecule has 2 aliphatic rings. The highest BCUT2D eigenvalue weighted by Gasteiger charge is 2.34. The summed E-state index contributed by atoms with van der Waals surface area (Å²) in [5, 5.41) is 12.7. The third kappa shape index (κ3) is 2.81. The topological polar surface area (TPSA) is 74.0 Å². The fourth-order valence-electron chi connectivity index (χ4n) is 4.41. The summed E-state index contributed by atoms with van der Waals surface area (Å²) < 4.78 is 16.3. The van der Waals surface area contributed by atoms with Crippen LogP contribution in [0.1, 0.15) is 47.2 Å². The first-order chi connectivity index (χ1) is 12.8. The number of carboxylic acid groups (broad SMARTS) is 1. The Hall–Kier alpha value is -2.41. The van der Waals surface area contributed by atoms with Gasteiger partial charge < -0.3 is 15.3 Å². The van der Waals surface area contributed by atoms with Gasteiger partial charge in [-0.25, -0.2) is 9.18 Å². The minimum Gasteiger partial charge on any atom is -0.477 e. The van der Waals surface area contributed by atoms with Gasteiger partial charge in [-0.3, -0.25) is 9.20 Å². The molecule has 0 unspecified atom stereocenters. The fraction of sp³-hybridized carbons (Fsp3) is 0.500. The molecule has 4 rings (SSSR count). The van der Waals surface area contributed by atoms with Crippen LogP contribution in [-0.4, -0.2) is 41.7 Å². The Balaban J connectivity index is 1.96. The Morgan fingerprint density at radius 1 is 1.33 bits per heavy atom. The molecule has 6 nitrogen and oxygen atoms in total. The van der Waals surface area contributed by atoms with E-state index in [1.54, 1.807) is 0 Å². The predicted molar refractivity (Wildman–Crippen MR) is 102 cm³/mol. The highest BCUT2D eigenvalue weighted by molar-refractivity contribution is 5.89. The summed E-state index contributed by atoms with van der Waals surface area (Å²) >= 11 is 0. The second-order valence-electron chi connectivity index (χ2n) is 7.84. The van der Waals surface area contributed by atoms with Gasteiger partial charge in [0.15, 0.2) is 5.82 Å². The van der Waals surface area contributed by atoms with Crippen molar-refractivity contribution in [3.63, 3.8) is 0 Å². The number of carbonyl (C=O) groups is 1. The summed E-state index contributed by atoms with van der Waals surface area (Å²) in [4.78, 5) is 26.2. The van der Waals surface area contributed by atoms with Crippen molar-refractivity contribution in [3.8, 4) is 0 Å². The van der Waals surface area contributed by atoms with E-state index in [9.17, 15) is 14.7 Å². The average molecular weight is 373 g/mol. The number of aromatic carboxylic acids is 1. The maximum absolute atomic E-state index is 15.1. The zero-order valence-corrected chi connectivity index (χ0v) is 15.8. The van der Waals surface area contributed by atoms with Gasteiger partial charge in [0.05, 0.1) is 17.4 Å². The number of hydrogen-bond donors (Lipinski definition) is 2. The van der Waals surface area contributed by atoms with Crippen LogP contribution in [0.25, 0.3) is 5.52 Å². The van der Waals surface area contributed by atoms with Gasteiger partial charge in [-0.1, -0.05) is 6.92 Å². The van der Waals surface area contributed by atoms with Gasteiger partial charge >= 0.3 is 5.97 Å². The summed E-state index contributed by atoms with van der Waals surface area (Å²) in [5.74, 6) is -1.15. The van der Waals surface area contributed by atoms with E-state index in [1.807, 2.05) is 18.9 Å². The Morgan fingerprint density at radius 2 is 2.04 bits per heavy atom. The van der Waals surface area contributed by atoms with Crippen molar-refractivity contribution in [2.24, 2.45) is 5.92 Å². The van der Waals surface area contributed by atoms with Crippen LogP contribution in [0, 0.1) is 18.7 Å². The number of likely N-dealkylation sites (N-methyl/N-ethyl adjacent to an activating group) is 1. The number of rotatable bonds is 4. The molecule has 1 saturated carbocycles. The Labute approximate surface area is 156 Å². The molecule has 0 spiro atoms. The van der Waals surface area contributed by atoms with Gasteiger partial charge in [0.2, 0.25) is 0 Å². The van der Waals surface area contributed by atoms with Crippen molar-refractivity contribution in [2.75, 3.05) is 25.0 Å². The lowest BCUT2D eigenvalue weighted by molar-refractivity contribution is 0.0694. The van der Waals surface area contributed by atoms with E-state index >= 15 is 4.39 Å². The molecule has 3 heterocycles. The van der Waals surface area contributed by atoms with E-state index in [1.165, 1.54) is 10.5 Å². The van der Waals surface area contributed by atoms with Gasteiger partial charge in [0.1, 0.15) is 5.56 Å². The van der Waals surface area contributed by atoms with Crippen molar-refractivity contribution in [3.05, 3.63) is 45.1 Å². The molecule has 0 bridgehead atoms. The summed E-state index contributed by atoms with van der Waals surface area (Å²) in [7, 11) is 1.91. The fourth-order valence-corrected chi connectivity index (χ4v) is 4.41. The van der Waals surface area contributed by atoms with Crippen LogP contribution in [0.2, 0.25) is 0 Å². The second-order valence-corrected chi connectivity index (χ2v) is 7.84. The quantitative estimate of drug-likeness (QED) is 0.861.